The summed E-state index contributed by atoms with van der Waals surface area (Å²) in [5.74, 6) is -1.46. The summed E-state index contributed by atoms with van der Waals surface area (Å²) in [5.41, 5.74) is 0.739. The molecule has 2 rings (SSSR count). The monoisotopic (exact) mass is 327 g/mol. The Morgan fingerprint density at radius 2 is 1.88 bits per heavy atom. The molecule has 1 atom stereocenters. The molecular weight excluding hydrogens is 306 g/mol. The van der Waals surface area contributed by atoms with Crippen LogP contribution in [0.1, 0.15) is 18.9 Å². The summed E-state index contributed by atoms with van der Waals surface area (Å²) in [6, 6.07) is 13.0. The number of benzene rings is 1. The lowest BCUT2D eigenvalue weighted by atomic mass is 9.90. The second-order valence-corrected chi connectivity index (χ2v) is 5.30. The third-order valence-electron chi connectivity index (χ3n) is 3.92. The maximum Gasteiger partial charge on any atom is 0.313 e. The number of ether oxygens (including phenoxy) is 1. The largest absolute Gasteiger partial charge is 0.372 e. The number of hydrogen-bond acceptors (Lipinski definition) is 4. The van der Waals surface area contributed by atoms with Gasteiger partial charge in [-0.15, -0.1) is 0 Å². The van der Waals surface area contributed by atoms with E-state index in [4.69, 9.17) is 4.74 Å². The van der Waals surface area contributed by atoms with Crippen LogP contribution in [-0.4, -0.2) is 30.5 Å². The molecule has 0 aliphatic heterocycles. The van der Waals surface area contributed by atoms with Crippen LogP contribution in [0.5, 0.6) is 0 Å². The van der Waals surface area contributed by atoms with Gasteiger partial charge in [-0.3, -0.25) is 14.6 Å². The minimum absolute atomic E-state index is 0.198. The van der Waals surface area contributed by atoms with E-state index < -0.39 is 17.4 Å². The summed E-state index contributed by atoms with van der Waals surface area (Å²) < 4.78 is 5.67. The van der Waals surface area contributed by atoms with Crippen molar-refractivity contribution in [2.24, 2.45) is 0 Å². The summed E-state index contributed by atoms with van der Waals surface area (Å²) >= 11 is 0. The molecule has 0 aliphatic rings. The minimum atomic E-state index is -0.739. The molecule has 126 valence electrons. The Hall–Kier alpha value is -2.73. The molecule has 0 saturated heterocycles. The quantitative estimate of drug-likeness (QED) is 0.796. The maximum absolute atomic E-state index is 12.1. The Labute approximate surface area is 141 Å². The fraction of sp³-hybridized carbons (Fsp3) is 0.278. The summed E-state index contributed by atoms with van der Waals surface area (Å²) in [6.45, 7) is 2.17. The predicted molar refractivity (Wildman–Crippen MR) is 91.3 cm³/mol. The zero-order valence-corrected chi connectivity index (χ0v) is 13.8. The normalized spacial score (nSPS) is 12.9. The van der Waals surface area contributed by atoms with Crippen molar-refractivity contribution in [3.63, 3.8) is 0 Å². The van der Waals surface area contributed by atoms with E-state index in [1.54, 1.807) is 25.4 Å². The van der Waals surface area contributed by atoms with Crippen molar-refractivity contribution in [1.82, 2.24) is 10.3 Å². The zero-order chi connectivity index (χ0) is 17.4. The van der Waals surface area contributed by atoms with Gasteiger partial charge in [-0.1, -0.05) is 37.3 Å². The van der Waals surface area contributed by atoms with Gasteiger partial charge in [0, 0.05) is 13.3 Å². The first-order valence-corrected chi connectivity index (χ1v) is 7.71. The van der Waals surface area contributed by atoms with Crippen LogP contribution in [0.4, 0.5) is 5.69 Å². The van der Waals surface area contributed by atoms with Crippen molar-refractivity contribution >= 4 is 17.5 Å². The van der Waals surface area contributed by atoms with E-state index in [0.29, 0.717) is 12.1 Å². The number of amides is 2. The lowest BCUT2D eigenvalue weighted by Gasteiger charge is -2.32. The molecule has 2 aromatic rings. The molecule has 6 heteroatoms. The molecule has 0 aliphatic carbocycles. The van der Waals surface area contributed by atoms with Gasteiger partial charge < -0.3 is 15.4 Å². The van der Waals surface area contributed by atoms with E-state index in [1.165, 1.54) is 6.20 Å². The van der Waals surface area contributed by atoms with Gasteiger partial charge in [0.1, 0.15) is 5.60 Å². The van der Waals surface area contributed by atoms with Crippen LogP contribution in [0.3, 0.4) is 0 Å². The Bertz CT molecular complexity index is 670. The van der Waals surface area contributed by atoms with E-state index >= 15 is 0 Å². The van der Waals surface area contributed by atoms with Crippen molar-refractivity contribution in [1.29, 1.82) is 0 Å². The maximum atomic E-state index is 12.1. The van der Waals surface area contributed by atoms with E-state index in [2.05, 4.69) is 15.6 Å². The highest BCUT2D eigenvalue weighted by atomic mass is 16.5. The number of carbonyl (C=O) groups excluding carboxylic acids is 2. The van der Waals surface area contributed by atoms with Gasteiger partial charge in [0.2, 0.25) is 0 Å². The average Bonchev–Trinajstić information content (AvgIpc) is 2.64. The molecule has 2 N–H and O–H groups in total. The van der Waals surface area contributed by atoms with Crippen LogP contribution in [0, 0.1) is 0 Å². The number of carbonyl (C=O) groups is 2. The van der Waals surface area contributed by atoms with Gasteiger partial charge in [-0.25, -0.2) is 0 Å². The van der Waals surface area contributed by atoms with Crippen molar-refractivity contribution in [2.75, 3.05) is 19.0 Å². The average molecular weight is 327 g/mol. The Morgan fingerprint density at radius 1 is 1.12 bits per heavy atom. The highest BCUT2D eigenvalue weighted by molar-refractivity contribution is 6.39. The van der Waals surface area contributed by atoms with Crippen LogP contribution in [0.15, 0.2) is 54.9 Å². The summed E-state index contributed by atoms with van der Waals surface area (Å²) in [7, 11) is 1.60. The fourth-order valence-electron chi connectivity index (χ4n) is 2.44. The number of aromatic nitrogens is 1. The molecule has 1 aromatic carbocycles. The third-order valence-corrected chi connectivity index (χ3v) is 3.92. The van der Waals surface area contributed by atoms with Crippen molar-refractivity contribution < 1.29 is 14.3 Å². The molecular formula is C18H21N3O3. The number of hydrogen-bond donors (Lipinski definition) is 2. The standard InChI is InChI=1S/C18H21N3O3/c1-3-18(24-2,14-8-5-4-6-9-14)13-20-16(22)17(23)21-15-10-7-11-19-12-15/h4-12H,3,13H2,1-2H3,(H,20,22)(H,21,23)/t18-/m1/s1. The van der Waals surface area contributed by atoms with Gasteiger partial charge in [0.25, 0.3) is 0 Å². The molecule has 0 radical (unpaired) electrons. The van der Waals surface area contributed by atoms with Crippen LogP contribution < -0.4 is 10.6 Å². The Balaban J connectivity index is 2.01. The first-order valence-electron chi connectivity index (χ1n) is 7.71. The topological polar surface area (TPSA) is 80.3 Å². The van der Waals surface area contributed by atoms with Crippen molar-refractivity contribution in [3.8, 4) is 0 Å². The second-order valence-electron chi connectivity index (χ2n) is 5.30. The van der Waals surface area contributed by atoms with Gasteiger partial charge in [-0.05, 0) is 24.1 Å². The number of nitrogens with zero attached hydrogens (tertiary/aromatic N) is 1. The molecule has 24 heavy (non-hydrogen) atoms. The van der Waals surface area contributed by atoms with E-state index in [0.717, 1.165) is 5.56 Å². The van der Waals surface area contributed by atoms with E-state index in [-0.39, 0.29) is 6.54 Å². The zero-order valence-electron chi connectivity index (χ0n) is 13.8. The number of anilines is 1. The minimum Gasteiger partial charge on any atom is -0.372 e. The molecule has 1 heterocycles. The molecule has 0 fully saturated rings. The van der Waals surface area contributed by atoms with Crippen molar-refractivity contribution in [2.45, 2.75) is 18.9 Å². The molecule has 0 unspecified atom stereocenters. The molecule has 0 bridgehead atoms. The smallest absolute Gasteiger partial charge is 0.313 e. The molecule has 0 saturated carbocycles. The lowest BCUT2D eigenvalue weighted by molar-refractivity contribution is -0.137. The van der Waals surface area contributed by atoms with E-state index in [1.807, 2.05) is 37.3 Å². The van der Waals surface area contributed by atoms with Crippen LogP contribution in [0.25, 0.3) is 0 Å². The molecule has 1 aromatic heterocycles. The van der Waals surface area contributed by atoms with E-state index in [9.17, 15) is 9.59 Å². The highest BCUT2D eigenvalue weighted by Crippen LogP contribution is 2.27. The number of pyridine rings is 1. The van der Waals surface area contributed by atoms with Gasteiger partial charge >= 0.3 is 11.8 Å². The van der Waals surface area contributed by atoms with Gasteiger partial charge in [0.15, 0.2) is 0 Å². The highest BCUT2D eigenvalue weighted by Gasteiger charge is 2.31. The van der Waals surface area contributed by atoms with Gasteiger partial charge in [0.05, 0.1) is 18.4 Å². The van der Waals surface area contributed by atoms with Crippen LogP contribution in [-0.2, 0) is 19.9 Å². The third kappa shape index (κ3) is 4.17. The molecule has 2 amide bonds. The molecule has 0 spiro atoms. The number of rotatable bonds is 6. The second kappa shape index (κ2) is 8.21. The fourth-order valence-corrected chi connectivity index (χ4v) is 2.44. The number of methoxy groups -OCH3 is 1. The molecule has 6 nitrogen and oxygen atoms in total. The summed E-state index contributed by atoms with van der Waals surface area (Å²) in [5, 5.41) is 5.15. The number of nitrogens with one attached hydrogen (secondary N) is 2. The Kier molecular flexibility index (Phi) is 6.03. The predicted octanol–water partition coefficient (Wildman–Crippen LogP) is 2.09. The first-order chi connectivity index (χ1) is 11.6. The first kappa shape index (κ1) is 17.6. The lowest BCUT2D eigenvalue weighted by Crippen LogP contribution is -2.45. The van der Waals surface area contributed by atoms with Gasteiger partial charge in [-0.2, -0.15) is 0 Å². The SMILES string of the molecule is CC[C@](CNC(=O)C(=O)Nc1cccnc1)(OC)c1ccccc1. The van der Waals surface area contributed by atoms with Crippen LogP contribution >= 0.6 is 0 Å². The van der Waals surface area contributed by atoms with Crippen molar-refractivity contribution in [3.05, 3.63) is 60.4 Å². The summed E-state index contributed by atoms with van der Waals surface area (Å²) in [6.07, 6.45) is 3.71. The van der Waals surface area contributed by atoms with Crippen LogP contribution in [0.2, 0.25) is 0 Å². The summed E-state index contributed by atoms with van der Waals surface area (Å²) in [4.78, 5) is 27.9. The Morgan fingerprint density at radius 3 is 2.46 bits per heavy atom.